The van der Waals surface area contributed by atoms with Crippen molar-refractivity contribution in [1.29, 1.82) is 0 Å². The van der Waals surface area contributed by atoms with Gasteiger partial charge in [-0.3, -0.25) is 9.69 Å². The summed E-state index contributed by atoms with van der Waals surface area (Å²) in [6.45, 7) is 6.34. The van der Waals surface area contributed by atoms with Gasteiger partial charge in [-0.25, -0.2) is 0 Å². The SMILES string of the molecule is CCC(Cc1ccccc1)(C(=O)c1ccc(N2CCN(C)CC2)cc1)N(C)C. The smallest absolute Gasteiger partial charge is 0.183 e. The number of piperazine rings is 1. The van der Waals surface area contributed by atoms with Crippen molar-refractivity contribution in [3.63, 3.8) is 0 Å². The molecule has 1 saturated heterocycles. The molecular formula is C24H33N3O. The standard InChI is InChI=1S/C24H33N3O/c1-5-24(25(2)3,19-20-9-7-6-8-10-20)23(28)21-11-13-22(14-12-21)27-17-15-26(4)16-18-27/h6-14H,5,15-19H2,1-4H3. The van der Waals surface area contributed by atoms with Gasteiger partial charge in [0.25, 0.3) is 0 Å². The van der Waals surface area contributed by atoms with E-state index in [2.05, 4.69) is 52.9 Å². The Bertz CT molecular complexity index is 764. The molecule has 0 amide bonds. The van der Waals surface area contributed by atoms with Crippen LogP contribution in [0.15, 0.2) is 54.6 Å². The molecule has 0 aromatic heterocycles. The number of ketones is 1. The van der Waals surface area contributed by atoms with E-state index in [1.165, 1.54) is 11.3 Å². The minimum absolute atomic E-state index is 0.203. The Morgan fingerprint density at radius 2 is 1.57 bits per heavy atom. The largest absolute Gasteiger partial charge is 0.369 e. The topological polar surface area (TPSA) is 26.8 Å². The fourth-order valence-electron chi connectivity index (χ4n) is 4.13. The molecule has 0 N–H and O–H groups in total. The second-order valence-electron chi connectivity index (χ2n) is 8.11. The van der Waals surface area contributed by atoms with Crippen molar-refractivity contribution in [1.82, 2.24) is 9.80 Å². The third-order valence-electron chi connectivity index (χ3n) is 6.20. The molecule has 1 aliphatic heterocycles. The number of nitrogens with zero attached hydrogens (tertiary/aromatic N) is 3. The number of hydrogen-bond donors (Lipinski definition) is 0. The first-order chi connectivity index (χ1) is 13.5. The van der Waals surface area contributed by atoms with Crippen molar-refractivity contribution in [3.05, 3.63) is 65.7 Å². The molecule has 0 radical (unpaired) electrons. The van der Waals surface area contributed by atoms with E-state index in [0.717, 1.165) is 44.6 Å². The monoisotopic (exact) mass is 379 g/mol. The fraction of sp³-hybridized carbons (Fsp3) is 0.458. The molecule has 150 valence electrons. The Morgan fingerprint density at radius 1 is 0.964 bits per heavy atom. The van der Waals surface area contributed by atoms with E-state index in [9.17, 15) is 4.79 Å². The van der Waals surface area contributed by atoms with Crippen molar-refractivity contribution in [2.45, 2.75) is 25.3 Å². The average molecular weight is 380 g/mol. The second kappa shape index (κ2) is 8.89. The summed E-state index contributed by atoms with van der Waals surface area (Å²) in [4.78, 5) is 20.5. The maximum atomic E-state index is 13.6. The molecule has 2 aromatic rings. The zero-order chi connectivity index (χ0) is 20.1. The van der Waals surface area contributed by atoms with Gasteiger partial charge in [0, 0.05) is 37.4 Å². The van der Waals surface area contributed by atoms with Crippen LogP contribution < -0.4 is 4.90 Å². The molecule has 1 unspecified atom stereocenters. The van der Waals surface area contributed by atoms with E-state index in [-0.39, 0.29) is 5.78 Å². The molecule has 4 heteroatoms. The van der Waals surface area contributed by atoms with Crippen LogP contribution in [0, 0.1) is 0 Å². The normalized spacial score (nSPS) is 17.5. The Morgan fingerprint density at radius 3 is 2.11 bits per heavy atom. The Hall–Kier alpha value is -2.17. The van der Waals surface area contributed by atoms with Crippen molar-refractivity contribution in [2.75, 3.05) is 52.2 Å². The molecule has 1 atom stereocenters. The molecule has 3 rings (SSSR count). The number of benzene rings is 2. The molecule has 4 nitrogen and oxygen atoms in total. The highest BCUT2D eigenvalue weighted by Crippen LogP contribution is 2.28. The number of carbonyl (C=O) groups is 1. The van der Waals surface area contributed by atoms with Crippen LogP contribution in [-0.2, 0) is 6.42 Å². The Balaban J connectivity index is 1.82. The minimum atomic E-state index is -0.531. The maximum absolute atomic E-state index is 13.6. The second-order valence-corrected chi connectivity index (χ2v) is 8.11. The van der Waals surface area contributed by atoms with Gasteiger partial charge in [-0.05, 0) is 63.8 Å². The molecule has 2 aromatic carbocycles. The summed E-state index contributed by atoms with van der Waals surface area (Å²) in [5.74, 6) is 0.203. The number of Topliss-reactive ketones (excluding diaryl/α,β-unsaturated/α-hetero) is 1. The summed E-state index contributed by atoms with van der Waals surface area (Å²) in [7, 11) is 6.20. The Labute approximate surface area is 169 Å². The molecule has 0 saturated carbocycles. The van der Waals surface area contributed by atoms with Crippen LogP contribution in [0.25, 0.3) is 0 Å². The first-order valence-corrected chi connectivity index (χ1v) is 10.3. The summed E-state index contributed by atoms with van der Waals surface area (Å²) < 4.78 is 0. The maximum Gasteiger partial charge on any atom is 0.183 e. The van der Waals surface area contributed by atoms with Crippen molar-refractivity contribution in [3.8, 4) is 0 Å². The average Bonchev–Trinajstić information content (AvgIpc) is 2.73. The molecule has 0 bridgehead atoms. The van der Waals surface area contributed by atoms with E-state index in [1.807, 2.05) is 44.4 Å². The predicted octanol–water partition coefficient (Wildman–Crippen LogP) is 3.57. The Kier molecular flexibility index (Phi) is 6.53. The van der Waals surface area contributed by atoms with Crippen molar-refractivity contribution < 1.29 is 4.79 Å². The van der Waals surface area contributed by atoms with Crippen molar-refractivity contribution >= 4 is 11.5 Å². The van der Waals surface area contributed by atoms with Gasteiger partial charge in [0.2, 0.25) is 0 Å². The number of carbonyl (C=O) groups excluding carboxylic acids is 1. The van der Waals surface area contributed by atoms with Gasteiger partial charge in [0.1, 0.15) is 0 Å². The van der Waals surface area contributed by atoms with Gasteiger partial charge in [-0.15, -0.1) is 0 Å². The minimum Gasteiger partial charge on any atom is -0.369 e. The van der Waals surface area contributed by atoms with E-state index < -0.39 is 5.54 Å². The first-order valence-electron chi connectivity index (χ1n) is 10.3. The van der Waals surface area contributed by atoms with Crippen LogP contribution in [0.1, 0.15) is 29.3 Å². The summed E-state index contributed by atoms with van der Waals surface area (Å²) in [5.41, 5.74) is 2.67. The molecule has 0 aliphatic carbocycles. The molecule has 1 aliphatic rings. The highest BCUT2D eigenvalue weighted by molar-refractivity contribution is 6.03. The van der Waals surface area contributed by atoms with E-state index in [0.29, 0.717) is 0 Å². The third-order valence-corrected chi connectivity index (χ3v) is 6.20. The number of hydrogen-bond acceptors (Lipinski definition) is 4. The van der Waals surface area contributed by atoms with Gasteiger partial charge >= 0.3 is 0 Å². The lowest BCUT2D eigenvalue weighted by Gasteiger charge is -2.38. The van der Waals surface area contributed by atoms with Gasteiger partial charge in [0.15, 0.2) is 5.78 Å². The van der Waals surface area contributed by atoms with Crippen LogP contribution in [0.4, 0.5) is 5.69 Å². The zero-order valence-electron chi connectivity index (χ0n) is 17.7. The predicted molar refractivity (Wildman–Crippen MR) is 117 cm³/mol. The highest BCUT2D eigenvalue weighted by atomic mass is 16.1. The molecule has 1 fully saturated rings. The summed E-state index contributed by atoms with van der Waals surface area (Å²) in [6, 6.07) is 18.6. The number of likely N-dealkylation sites (N-methyl/N-ethyl adjacent to an activating group) is 2. The molecule has 1 heterocycles. The van der Waals surface area contributed by atoms with Crippen LogP contribution in [0.3, 0.4) is 0 Å². The van der Waals surface area contributed by atoms with Crippen LogP contribution in [0.5, 0.6) is 0 Å². The third kappa shape index (κ3) is 4.29. The van der Waals surface area contributed by atoms with Gasteiger partial charge in [0.05, 0.1) is 5.54 Å². The van der Waals surface area contributed by atoms with E-state index in [1.54, 1.807) is 0 Å². The van der Waals surface area contributed by atoms with Gasteiger partial charge < -0.3 is 9.80 Å². The molecule has 28 heavy (non-hydrogen) atoms. The number of anilines is 1. The lowest BCUT2D eigenvalue weighted by molar-refractivity contribution is 0.0666. The van der Waals surface area contributed by atoms with E-state index >= 15 is 0 Å². The van der Waals surface area contributed by atoms with Crippen molar-refractivity contribution in [2.24, 2.45) is 0 Å². The molecule has 0 spiro atoms. The number of rotatable bonds is 7. The summed E-state index contributed by atoms with van der Waals surface area (Å²) in [5, 5.41) is 0. The van der Waals surface area contributed by atoms with Crippen LogP contribution in [-0.4, -0.2) is 68.4 Å². The quantitative estimate of drug-likeness (QED) is 0.687. The van der Waals surface area contributed by atoms with Crippen LogP contribution >= 0.6 is 0 Å². The van der Waals surface area contributed by atoms with Gasteiger partial charge in [-0.2, -0.15) is 0 Å². The summed E-state index contributed by atoms with van der Waals surface area (Å²) >= 11 is 0. The highest BCUT2D eigenvalue weighted by Gasteiger charge is 2.39. The van der Waals surface area contributed by atoms with Gasteiger partial charge in [-0.1, -0.05) is 37.3 Å². The summed E-state index contributed by atoms with van der Waals surface area (Å²) in [6.07, 6.45) is 1.49. The zero-order valence-corrected chi connectivity index (χ0v) is 17.7. The fourth-order valence-corrected chi connectivity index (χ4v) is 4.13. The van der Waals surface area contributed by atoms with E-state index in [4.69, 9.17) is 0 Å². The lowest BCUT2D eigenvalue weighted by atomic mass is 9.80. The lowest BCUT2D eigenvalue weighted by Crippen LogP contribution is -2.52. The molecular weight excluding hydrogens is 346 g/mol. The first kappa shape index (κ1) is 20.6. The van der Waals surface area contributed by atoms with Crippen LogP contribution in [0.2, 0.25) is 0 Å².